The number of rotatable bonds is 5. The number of carbonyl (C=O) groups is 1. The summed E-state index contributed by atoms with van der Waals surface area (Å²) in [5.74, 6) is 0.919. The second-order valence-electron chi connectivity index (χ2n) is 8.10. The van der Waals surface area contributed by atoms with Gasteiger partial charge in [-0.2, -0.15) is 0 Å². The van der Waals surface area contributed by atoms with E-state index in [4.69, 9.17) is 16.0 Å². The number of nitrogens with zero attached hydrogens (tertiary/aromatic N) is 5. The summed E-state index contributed by atoms with van der Waals surface area (Å²) in [5.41, 5.74) is 3.91. The minimum atomic E-state index is 0.0673. The molecule has 2 aromatic heterocycles. The predicted octanol–water partition coefficient (Wildman–Crippen LogP) is 4.52. The molecule has 7 nitrogen and oxygen atoms in total. The summed E-state index contributed by atoms with van der Waals surface area (Å²) in [4.78, 5) is 17.2. The van der Waals surface area contributed by atoms with E-state index in [1.165, 1.54) is 5.56 Å². The van der Waals surface area contributed by atoms with Crippen LogP contribution in [0.25, 0.3) is 23.0 Å². The molecule has 0 N–H and O–H groups in total. The maximum absolute atomic E-state index is 13.0. The van der Waals surface area contributed by atoms with E-state index in [0.29, 0.717) is 24.9 Å². The molecule has 3 heterocycles. The molecule has 0 bridgehead atoms. The van der Waals surface area contributed by atoms with Crippen LogP contribution in [0.3, 0.4) is 0 Å². The van der Waals surface area contributed by atoms with Gasteiger partial charge in [-0.1, -0.05) is 35.9 Å². The highest BCUT2D eigenvalue weighted by molar-refractivity contribution is 6.30. The molecule has 0 radical (unpaired) electrons. The molecular weight excluding hydrogens is 438 g/mol. The zero-order valence-corrected chi connectivity index (χ0v) is 19.1. The topological polar surface area (TPSA) is 67.4 Å². The highest BCUT2D eigenvalue weighted by atomic mass is 35.5. The number of aryl methyl sites for hydroxylation is 1. The third kappa shape index (κ3) is 4.50. The Morgan fingerprint density at radius 3 is 2.52 bits per heavy atom. The third-order valence-corrected chi connectivity index (χ3v) is 6.18. The molecule has 8 heteroatoms. The van der Waals surface area contributed by atoms with Crippen molar-refractivity contribution < 1.29 is 9.21 Å². The van der Waals surface area contributed by atoms with E-state index >= 15 is 0 Å². The van der Waals surface area contributed by atoms with Gasteiger partial charge in [-0.3, -0.25) is 4.79 Å². The van der Waals surface area contributed by atoms with Gasteiger partial charge in [0.15, 0.2) is 0 Å². The van der Waals surface area contributed by atoms with E-state index < -0.39 is 0 Å². The van der Waals surface area contributed by atoms with Crippen LogP contribution in [0.15, 0.2) is 71.3 Å². The molecule has 1 saturated heterocycles. The second kappa shape index (κ2) is 9.11. The van der Waals surface area contributed by atoms with Crippen LogP contribution in [0.4, 0.5) is 5.69 Å². The smallest absolute Gasteiger partial charge is 0.264 e. The average molecular weight is 462 g/mol. The first-order valence-electron chi connectivity index (χ1n) is 10.9. The summed E-state index contributed by atoms with van der Waals surface area (Å²) < 4.78 is 7.74. The van der Waals surface area contributed by atoms with Gasteiger partial charge >= 0.3 is 0 Å². The summed E-state index contributed by atoms with van der Waals surface area (Å²) in [6, 6.07) is 19.3. The van der Waals surface area contributed by atoms with Gasteiger partial charge in [0.05, 0.1) is 0 Å². The van der Waals surface area contributed by atoms with Crippen LogP contribution in [0.2, 0.25) is 5.02 Å². The van der Waals surface area contributed by atoms with Gasteiger partial charge in [-0.15, -0.1) is 10.2 Å². The Morgan fingerprint density at radius 2 is 1.73 bits per heavy atom. The average Bonchev–Trinajstić information content (AvgIpc) is 3.51. The van der Waals surface area contributed by atoms with E-state index in [0.717, 1.165) is 35.1 Å². The summed E-state index contributed by atoms with van der Waals surface area (Å²) in [7, 11) is 0. The number of aromatic nitrogens is 3. The SMILES string of the molecule is Cc1ccc(Cl)cc1N1CCN(C(=O)Cn2cccc2-c2nnc(-c3ccccc3)o2)CC1. The van der Waals surface area contributed by atoms with Gasteiger partial charge in [0.2, 0.25) is 11.8 Å². The van der Waals surface area contributed by atoms with E-state index in [9.17, 15) is 4.79 Å². The van der Waals surface area contributed by atoms with Gasteiger partial charge in [-0.25, -0.2) is 0 Å². The molecule has 33 heavy (non-hydrogen) atoms. The summed E-state index contributed by atoms with van der Waals surface area (Å²) in [6.45, 7) is 5.18. The minimum Gasteiger partial charge on any atom is -0.415 e. The first-order chi connectivity index (χ1) is 16.1. The number of piperazine rings is 1. The zero-order chi connectivity index (χ0) is 22.8. The Labute approximate surface area is 197 Å². The highest BCUT2D eigenvalue weighted by Gasteiger charge is 2.23. The molecule has 5 rings (SSSR count). The molecule has 1 amide bonds. The van der Waals surface area contributed by atoms with Crippen molar-refractivity contribution in [1.82, 2.24) is 19.7 Å². The number of carbonyl (C=O) groups excluding carboxylic acids is 1. The Bertz CT molecular complexity index is 1260. The van der Waals surface area contributed by atoms with Crippen molar-refractivity contribution in [2.24, 2.45) is 0 Å². The van der Waals surface area contributed by atoms with Crippen LogP contribution < -0.4 is 4.90 Å². The largest absolute Gasteiger partial charge is 0.415 e. The highest BCUT2D eigenvalue weighted by Crippen LogP contribution is 2.26. The number of halogens is 1. The molecule has 1 aliphatic rings. The van der Waals surface area contributed by atoms with Gasteiger partial charge in [0.25, 0.3) is 5.89 Å². The normalized spacial score (nSPS) is 14.0. The number of hydrogen-bond donors (Lipinski definition) is 0. The van der Waals surface area contributed by atoms with Gasteiger partial charge < -0.3 is 18.8 Å². The predicted molar refractivity (Wildman–Crippen MR) is 128 cm³/mol. The van der Waals surface area contributed by atoms with Crippen molar-refractivity contribution in [2.75, 3.05) is 31.1 Å². The molecular formula is C25H24ClN5O2. The molecule has 4 aromatic rings. The molecule has 168 valence electrons. The summed E-state index contributed by atoms with van der Waals surface area (Å²) in [5, 5.41) is 9.08. The lowest BCUT2D eigenvalue weighted by Gasteiger charge is -2.37. The quantitative estimate of drug-likeness (QED) is 0.437. The molecule has 0 atom stereocenters. The fourth-order valence-electron chi connectivity index (χ4n) is 4.14. The van der Waals surface area contributed by atoms with Crippen LogP contribution in [0, 0.1) is 6.92 Å². The Balaban J connectivity index is 1.25. The van der Waals surface area contributed by atoms with E-state index in [1.807, 2.05) is 76.3 Å². The molecule has 0 saturated carbocycles. The number of anilines is 1. The van der Waals surface area contributed by atoms with Crippen LogP contribution >= 0.6 is 11.6 Å². The third-order valence-electron chi connectivity index (χ3n) is 5.94. The van der Waals surface area contributed by atoms with Crippen molar-refractivity contribution in [2.45, 2.75) is 13.5 Å². The van der Waals surface area contributed by atoms with Crippen LogP contribution in [-0.4, -0.2) is 51.8 Å². The van der Waals surface area contributed by atoms with Crippen molar-refractivity contribution >= 4 is 23.2 Å². The molecule has 0 aliphatic carbocycles. The van der Waals surface area contributed by atoms with E-state index in [2.05, 4.69) is 22.0 Å². The summed E-state index contributed by atoms with van der Waals surface area (Å²) in [6.07, 6.45) is 1.87. The maximum Gasteiger partial charge on any atom is 0.264 e. The lowest BCUT2D eigenvalue weighted by atomic mass is 10.1. The van der Waals surface area contributed by atoms with Crippen molar-refractivity contribution in [3.05, 3.63) is 77.4 Å². The van der Waals surface area contributed by atoms with Crippen molar-refractivity contribution in [3.63, 3.8) is 0 Å². The first-order valence-corrected chi connectivity index (χ1v) is 11.3. The molecule has 1 aliphatic heterocycles. The molecule has 0 unspecified atom stereocenters. The van der Waals surface area contributed by atoms with Gasteiger partial charge in [0.1, 0.15) is 12.2 Å². The lowest BCUT2D eigenvalue weighted by Crippen LogP contribution is -2.49. The lowest BCUT2D eigenvalue weighted by molar-refractivity contribution is -0.132. The monoisotopic (exact) mass is 461 g/mol. The van der Waals surface area contributed by atoms with Crippen LogP contribution in [0.5, 0.6) is 0 Å². The Hall–Kier alpha value is -3.58. The molecule has 2 aromatic carbocycles. The number of benzene rings is 2. The Kier molecular flexibility index (Phi) is 5.88. The first kappa shape index (κ1) is 21.3. The fourth-order valence-corrected chi connectivity index (χ4v) is 4.30. The minimum absolute atomic E-state index is 0.0673. The van der Waals surface area contributed by atoms with Crippen LogP contribution in [-0.2, 0) is 11.3 Å². The molecule has 0 spiro atoms. The second-order valence-corrected chi connectivity index (χ2v) is 8.53. The fraction of sp³-hybridized carbons (Fsp3) is 0.240. The van der Waals surface area contributed by atoms with Gasteiger partial charge in [-0.05, 0) is 48.9 Å². The van der Waals surface area contributed by atoms with Gasteiger partial charge in [0, 0.05) is 48.6 Å². The van der Waals surface area contributed by atoms with Crippen molar-refractivity contribution in [1.29, 1.82) is 0 Å². The van der Waals surface area contributed by atoms with E-state index in [1.54, 1.807) is 0 Å². The summed E-state index contributed by atoms with van der Waals surface area (Å²) >= 11 is 6.19. The van der Waals surface area contributed by atoms with Crippen LogP contribution in [0.1, 0.15) is 5.56 Å². The number of hydrogen-bond acceptors (Lipinski definition) is 5. The standard InChI is InChI=1S/C25H24ClN5O2/c1-18-9-10-20(26)16-22(18)29-12-14-30(15-13-29)23(32)17-31-11-5-8-21(31)25-28-27-24(33-25)19-6-3-2-4-7-19/h2-11,16H,12-15,17H2,1H3. The zero-order valence-electron chi connectivity index (χ0n) is 18.3. The van der Waals surface area contributed by atoms with E-state index in [-0.39, 0.29) is 12.5 Å². The van der Waals surface area contributed by atoms with Crippen molar-refractivity contribution in [3.8, 4) is 23.0 Å². The maximum atomic E-state index is 13.0. The molecule has 1 fully saturated rings. The number of amides is 1. The Morgan fingerprint density at radius 1 is 0.970 bits per heavy atom.